The second-order valence-electron chi connectivity index (χ2n) is 8.77. The van der Waals surface area contributed by atoms with Crippen LogP contribution in [0.3, 0.4) is 0 Å². The number of anilines is 2. The summed E-state index contributed by atoms with van der Waals surface area (Å²) < 4.78 is 16.8. The lowest BCUT2D eigenvalue weighted by molar-refractivity contribution is 0.0515. The molecule has 1 aromatic heterocycles. The van der Waals surface area contributed by atoms with Crippen molar-refractivity contribution in [2.45, 2.75) is 39.8 Å². The molecule has 0 saturated carbocycles. The summed E-state index contributed by atoms with van der Waals surface area (Å²) >= 11 is 0. The molecule has 0 bridgehead atoms. The van der Waals surface area contributed by atoms with Crippen LogP contribution in [0.1, 0.15) is 59.8 Å². The third-order valence-corrected chi connectivity index (χ3v) is 4.85. The summed E-state index contributed by atoms with van der Waals surface area (Å²) in [4.78, 5) is 38.2. The molecule has 2 aromatic carbocycles. The Morgan fingerprint density at radius 2 is 1.78 bits per heavy atom. The van der Waals surface area contributed by atoms with Gasteiger partial charge in [-0.05, 0) is 63.6 Å². The van der Waals surface area contributed by atoms with Crippen molar-refractivity contribution in [1.29, 1.82) is 0 Å². The van der Waals surface area contributed by atoms with E-state index in [-0.39, 0.29) is 35.8 Å². The number of amides is 1. The van der Waals surface area contributed by atoms with Crippen LogP contribution in [0.5, 0.6) is 5.75 Å². The number of methoxy groups -OCH3 is 1. The van der Waals surface area contributed by atoms with Crippen LogP contribution in [0.15, 0.2) is 42.5 Å². The van der Waals surface area contributed by atoms with Gasteiger partial charge in [0.15, 0.2) is 0 Å². The molecule has 1 amide bonds. The van der Waals surface area contributed by atoms with Crippen LogP contribution in [0.4, 0.5) is 16.2 Å². The monoisotopic (exact) mass is 495 g/mol. The Bertz CT molecular complexity index is 1260. The van der Waals surface area contributed by atoms with Crippen LogP contribution in [-0.4, -0.2) is 52.2 Å². The lowest BCUT2D eigenvalue weighted by atomic mass is 10.0. The molecule has 0 fully saturated rings. The number of carbonyl (C=O) groups is 3. The zero-order valence-corrected chi connectivity index (χ0v) is 20.8. The minimum Gasteiger partial charge on any atom is -0.497 e. The molecule has 0 aliphatic carbocycles. The van der Waals surface area contributed by atoms with Gasteiger partial charge >= 0.3 is 12.1 Å². The molecule has 190 valence electrons. The highest BCUT2D eigenvalue weighted by Crippen LogP contribution is 2.24. The van der Waals surface area contributed by atoms with E-state index in [1.807, 2.05) is 12.1 Å². The second-order valence-corrected chi connectivity index (χ2v) is 8.77. The first-order valence-corrected chi connectivity index (χ1v) is 11.2. The van der Waals surface area contributed by atoms with Gasteiger partial charge in [-0.15, -0.1) is 5.10 Å². The lowest BCUT2D eigenvalue weighted by Gasteiger charge is -2.19. The Balaban J connectivity index is 1.94. The van der Waals surface area contributed by atoms with Crippen LogP contribution in [0, 0.1) is 0 Å². The molecule has 3 N–H and O–H groups in total. The van der Waals surface area contributed by atoms with Gasteiger partial charge in [0.1, 0.15) is 17.0 Å². The van der Waals surface area contributed by atoms with E-state index < -0.39 is 23.4 Å². The fraction of sp³-hybridized carbons (Fsp3) is 0.320. The fourth-order valence-corrected chi connectivity index (χ4v) is 3.29. The van der Waals surface area contributed by atoms with Gasteiger partial charge < -0.3 is 19.9 Å². The van der Waals surface area contributed by atoms with Crippen molar-refractivity contribution < 1.29 is 28.6 Å². The van der Waals surface area contributed by atoms with Crippen LogP contribution in [0.2, 0.25) is 0 Å². The summed E-state index contributed by atoms with van der Waals surface area (Å²) in [6.07, 6.45) is -0.660. The predicted molar refractivity (Wildman–Crippen MR) is 132 cm³/mol. The van der Waals surface area contributed by atoms with E-state index in [4.69, 9.17) is 19.9 Å². The number of nitrogens with two attached hydrogens (primary N) is 1. The van der Waals surface area contributed by atoms with Gasteiger partial charge in [0, 0.05) is 16.9 Å². The summed E-state index contributed by atoms with van der Waals surface area (Å²) in [6.45, 7) is 7.14. The molecule has 11 heteroatoms. The van der Waals surface area contributed by atoms with E-state index in [1.54, 1.807) is 46.9 Å². The van der Waals surface area contributed by atoms with Crippen LogP contribution < -0.4 is 15.8 Å². The number of nitrogens with one attached hydrogen (secondary N) is 1. The van der Waals surface area contributed by atoms with Gasteiger partial charge in [-0.2, -0.15) is 0 Å². The van der Waals surface area contributed by atoms with Crippen molar-refractivity contribution >= 4 is 29.2 Å². The summed E-state index contributed by atoms with van der Waals surface area (Å²) in [5, 5.41) is 10.5. The normalized spacial score (nSPS) is 11.0. The predicted octanol–water partition coefficient (Wildman–Crippen LogP) is 3.67. The fourth-order valence-electron chi connectivity index (χ4n) is 3.29. The number of carbonyl (C=O) groups excluding carboxylic acids is 3. The Hall–Kier alpha value is -4.41. The Morgan fingerprint density at radius 1 is 1.08 bits per heavy atom. The van der Waals surface area contributed by atoms with E-state index in [2.05, 4.69) is 15.6 Å². The van der Waals surface area contributed by atoms with Crippen molar-refractivity contribution in [1.82, 2.24) is 15.0 Å². The third-order valence-electron chi connectivity index (χ3n) is 4.85. The number of nitrogens with zero attached hydrogens (tertiary/aromatic N) is 3. The Kier molecular flexibility index (Phi) is 7.93. The Labute approximate surface area is 208 Å². The maximum Gasteiger partial charge on any atom is 0.412 e. The molecular formula is C25H29N5O6. The van der Waals surface area contributed by atoms with Gasteiger partial charge in [-0.3, -0.25) is 10.1 Å². The second kappa shape index (κ2) is 10.9. The zero-order chi connectivity index (χ0) is 26.5. The van der Waals surface area contributed by atoms with E-state index >= 15 is 0 Å². The average molecular weight is 496 g/mol. The van der Waals surface area contributed by atoms with E-state index in [0.29, 0.717) is 11.4 Å². The standard InChI is InChI=1S/C25H29N5O6/c1-6-35-23(32)20-21(30(29-28-20)14-15-7-10-17(34-5)11-8-15)22(31)18-12-9-16(13-19(18)26)27-24(33)36-25(2,3)4/h7-13H,6,14,26H2,1-5H3,(H,27,33). The maximum absolute atomic E-state index is 13.6. The zero-order valence-electron chi connectivity index (χ0n) is 20.8. The molecule has 0 radical (unpaired) electrons. The van der Waals surface area contributed by atoms with Crippen molar-refractivity contribution in [3.63, 3.8) is 0 Å². The SMILES string of the molecule is CCOC(=O)c1nnn(Cc2ccc(OC)cc2)c1C(=O)c1ccc(NC(=O)OC(C)(C)C)cc1N. The molecule has 0 spiro atoms. The Morgan fingerprint density at radius 3 is 2.36 bits per heavy atom. The van der Waals surface area contributed by atoms with E-state index in [0.717, 1.165) is 5.56 Å². The quantitative estimate of drug-likeness (QED) is 0.271. The van der Waals surface area contributed by atoms with E-state index in [1.165, 1.54) is 22.9 Å². The first-order chi connectivity index (χ1) is 17.0. The number of ether oxygens (including phenoxy) is 3. The minimum absolute atomic E-state index is 0.0659. The van der Waals surface area contributed by atoms with Gasteiger partial charge in [-0.1, -0.05) is 17.3 Å². The van der Waals surface area contributed by atoms with Crippen LogP contribution in [0.25, 0.3) is 0 Å². The number of hydrogen-bond donors (Lipinski definition) is 2. The highest BCUT2D eigenvalue weighted by molar-refractivity contribution is 6.15. The molecule has 11 nitrogen and oxygen atoms in total. The number of rotatable bonds is 8. The molecule has 3 rings (SSSR count). The molecule has 0 aliphatic heterocycles. The first-order valence-electron chi connectivity index (χ1n) is 11.2. The molecular weight excluding hydrogens is 466 g/mol. The van der Waals surface area contributed by atoms with Crippen molar-refractivity contribution in [3.05, 3.63) is 65.0 Å². The van der Waals surface area contributed by atoms with E-state index in [9.17, 15) is 14.4 Å². The summed E-state index contributed by atoms with van der Waals surface area (Å²) in [7, 11) is 1.56. The van der Waals surface area contributed by atoms with Gasteiger partial charge in [0.25, 0.3) is 0 Å². The van der Waals surface area contributed by atoms with Crippen molar-refractivity contribution in [2.75, 3.05) is 24.8 Å². The van der Waals surface area contributed by atoms with Crippen LogP contribution in [-0.2, 0) is 16.0 Å². The highest BCUT2D eigenvalue weighted by atomic mass is 16.6. The number of benzene rings is 2. The van der Waals surface area contributed by atoms with Gasteiger partial charge in [0.2, 0.25) is 11.5 Å². The smallest absolute Gasteiger partial charge is 0.412 e. The maximum atomic E-state index is 13.6. The minimum atomic E-state index is -0.774. The summed E-state index contributed by atoms with van der Waals surface area (Å²) in [5.74, 6) is -0.671. The molecule has 1 heterocycles. The topological polar surface area (TPSA) is 148 Å². The third kappa shape index (κ3) is 6.38. The number of nitrogen functional groups attached to an aromatic ring is 1. The molecule has 0 saturated heterocycles. The van der Waals surface area contributed by atoms with Crippen molar-refractivity contribution in [3.8, 4) is 5.75 Å². The highest BCUT2D eigenvalue weighted by Gasteiger charge is 2.28. The summed E-state index contributed by atoms with van der Waals surface area (Å²) in [6, 6.07) is 11.6. The number of esters is 1. The molecule has 0 atom stereocenters. The molecule has 0 aliphatic rings. The van der Waals surface area contributed by atoms with Crippen molar-refractivity contribution in [2.24, 2.45) is 0 Å². The number of aromatic nitrogens is 3. The molecule has 3 aromatic rings. The number of hydrogen-bond acceptors (Lipinski definition) is 9. The summed E-state index contributed by atoms with van der Waals surface area (Å²) in [5.41, 5.74) is 6.53. The number of ketones is 1. The molecule has 0 unspecified atom stereocenters. The average Bonchev–Trinajstić information content (AvgIpc) is 3.21. The lowest BCUT2D eigenvalue weighted by Crippen LogP contribution is -2.27. The van der Waals surface area contributed by atoms with Gasteiger partial charge in [0.05, 0.1) is 20.3 Å². The first kappa shape index (κ1) is 26.2. The van der Waals surface area contributed by atoms with Crippen LogP contribution >= 0.6 is 0 Å². The molecule has 36 heavy (non-hydrogen) atoms. The van der Waals surface area contributed by atoms with Gasteiger partial charge in [-0.25, -0.2) is 14.3 Å². The largest absolute Gasteiger partial charge is 0.497 e.